The summed E-state index contributed by atoms with van der Waals surface area (Å²) in [5.41, 5.74) is 1.14. The highest BCUT2D eigenvalue weighted by Crippen LogP contribution is 2.20. The van der Waals surface area contributed by atoms with Gasteiger partial charge in [-0.05, 0) is 31.0 Å². The number of nitrogens with one attached hydrogen (secondary N) is 2. The van der Waals surface area contributed by atoms with Gasteiger partial charge in [-0.1, -0.05) is 35.5 Å². The molecule has 2 rings (SSSR count). The van der Waals surface area contributed by atoms with E-state index in [1.165, 1.54) is 0 Å². The molecule has 0 saturated heterocycles. The highest BCUT2D eigenvalue weighted by Gasteiger charge is 2.07. The quantitative estimate of drug-likeness (QED) is 0.190. The van der Waals surface area contributed by atoms with Gasteiger partial charge in [0, 0.05) is 35.9 Å². The van der Waals surface area contributed by atoms with E-state index in [-0.39, 0.29) is 30.0 Å². The Bertz CT molecular complexity index is 622. The van der Waals surface area contributed by atoms with Gasteiger partial charge in [0.15, 0.2) is 5.96 Å². The zero-order valence-electron chi connectivity index (χ0n) is 13.7. The Hall–Kier alpha value is -0.510. The van der Waals surface area contributed by atoms with Crippen LogP contribution in [0.25, 0.3) is 0 Å². The first-order chi connectivity index (χ1) is 11.2. The SMILES string of the molecule is CN=C(NCCCSc1nccs1)NC(C)c1cccc(Cl)c1.I. The molecular formula is C16H22ClIN4S2. The molecule has 0 amide bonds. The van der Waals surface area contributed by atoms with Gasteiger partial charge in [0.1, 0.15) is 4.34 Å². The van der Waals surface area contributed by atoms with E-state index < -0.39 is 0 Å². The van der Waals surface area contributed by atoms with Crippen LogP contribution < -0.4 is 10.6 Å². The van der Waals surface area contributed by atoms with Gasteiger partial charge < -0.3 is 10.6 Å². The van der Waals surface area contributed by atoms with E-state index in [4.69, 9.17) is 11.6 Å². The number of aliphatic imine (C=N–C) groups is 1. The van der Waals surface area contributed by atoms with Crippen LogP contribution in [0.3, 0.4) is 0 Å². The van der Waals surface area contributed by atoms with Crippen LogP contribution in [-0.2, 0) is 0 Å². The molecular weight excluding hydrogens is 475 g/mol. The number of halogens is 2. The summed E-state index contributed by atoms with van der Waals surface area (Å²) in [6, 6.07) is 8.01. The third-order valence-electron chi connectivity index (χ3n) is 3.17. The summed E-state index contributed by atoms with van der Waals surface area (Å²) >= 11 is 9.51. The number of aromatic nitrogens is 1. The van der Waals surface area contributed by atoms with Crippen molar-refractivity contribution < 1.29 is 0 Å². The molecule has 1 aromatic carbocycles. The summed E-state index contributed by atoms with van der Waals surface area (Å²) in [5.74, 6) is 1.85. The van der Waals surface area contributed by atoms with Crippen molar-refractivity contribution in [3.05, 3.63) is 46.4 Å². The predicted octanol–water partition coefficient (Wildman–Crippen LogP) is 4.82. The van der Waals surface area contributed by atoms with Crippen molar-refractivity contribution in [3.63, 3.8) is 0 Å². The van der Waals surface area contributed by atoms with E-state index in [1.54, 1.807) is 30.1 Å². The topological polar surface area (TPSA) is 49.3 Å². The molecule has 2 aromatic rings. The molecule has 0 aliphatic heterocycles. The number of rotatable bonds is 7. The van der Waals surface area contributed by atoms with Gasteiger partial charge in [-0.2, -0.15) is 0 Å². The number of guanidine groups is 1. The summed E-state index contributed by atoms with van der Waals surface area (Å²) in [5, 5.41) is 9.47. The van der Waals surface area contributed by atoms with Crippen LogP contribution in [0.15, 0.2) is 45.2 Å². The Kier molecular flexibility index (Phi) is 10.7. The van der Waals surface area contributed by atoms with Crippen LogP contribution in [-0.4, -0.2) is 30.3 Å². The third-order valence-corrected chi connectivity index (χ3v) is 5.46. The van der Waals surface area contributed by atoms with E-state index in [9.17, 15) is 0 Å². The van der Waals surface area contributed by atoms with Crippen molar-refractivity contribution >= 4 is 64.6 Å². The molecule has 132 valence electrons. The van der Waals surface area contributed by atoms with Crippen molar-refractivity contribution in [2.45, 2.75) is 23.7 Å². The van der Waals surface area contributed by atoms with Crippen molar-refractivity contribution in [3.8, 4) is 0 Å². The number of nitrogens with zero attached hydrogens (tertiary/aromatic N) is 2. The molecule has 1 heterocycles. The maximum atomic E-state index is 6.04. The van der Waals surface area contributed by atoms with Crippen LogP contribution in [0.2, 0.25) is 5.02 Å². The van der Waals surface area contributed by atoms with E-state index >= 15 is 0 Å². The fourth-order valence-electron chi connectivity index (χ4n) is 1.98. The molecule has 0 saturated carbocycles. The highest BCUT2D eigenvalue weighted by atomic mass is 127. The summed E-state index contributed by atoms with van der Waals surface area (Å²) in [7, 11) is 1.78. The third kappa shape index (κ3) is 7.58. The number of thiazole rings is 1. The molecule has 4 nitrogen and oxygen atoms in total. The van der Waals surface area contributed by atoms with Gasteiger partial charge in [0.05, 0.1) is 6.04 Å². The lowest BCUT2D eigenvalue weighted by atomic mass is 10.1. The smallest absolute Gasteiger partial charge is 0.191 e. The molecule has 0 aliphatic carbocycles. The van der Waals surface area contributed by atoms with E-state index in [0.717, 1.165) is 39.6 Å². The van der Waals surface area contributed by atoms with Gasteiger partial charge in [-0.25, -0.2) is 4.98 Å². The van der Waals surface area contributed by atoms with Crippen molar-refractivity contribution in [2.24, 2.45) is 4.99 Å². The van der Waals surface area contributed by atoms with Crippen molar-refractivity contribution in [1.82, 2.24) is 15.6 Å². The molecule has 8 heteroatoms. The number of thioether (sulfide) groups is 1. The fourth-order valence-corrected chi connectivity index (χ4v) is 3.83. The Morgan fingerprint density at radius 1 is 1.46 bits per heavy atom. The van der Waals surface area contributed by atoms with Gasteiger partial charge in [-0.3, -0.25) is 4.99 Å². The number of benzene rings is 1. The van der Waals surface area contributed by atoms with Crippen LogP contribution in [0.5, 0.6) is 0 Å². The van der Waals surface area contributed by atoms with Crippen LogP contribution in [0, 0.1) is 0 Å². The normalized spacial score (nSPS) is 12.4. The zero-order chi connectivity index (χ0) is 16.5. The summed E-state index contributed by atoms with van der Waals surface area (Å²) in [4.78, 5) is 8.53. The molecule has 0 spiro atoms. The minimum absolute atomic E-state index is 0. The lowest BCUT2D eigenvalue weighted by molar-refractivity contribution is 0.682. The second-order valence-corrected chi connectivity index (χ2v) is 7.59. The number of hydrogen-bond acceptors (Lipinski definition) is 4. The second kappa shape index (κ2) is 11.9. The summed E-state index contributed by atoms with van der Waals surface area (Å²) in [6.45, 7) is 2.97. The van der Waals surface area contributed by atoms with Gasteiger partial charge in [0.2, 0.25) is 0 Å². The maximum Gasteiger partial charge on any atom is 0.191 e. The van der Waals surface area contributed by atoms with Crippen LogP contribution in [0.1, 0.15) is 24.9 Å². The lowest BCUT2D eigenvalue weighted by Gasteiger charge is -2.18. The Balaban J connectivity index is 0.00000288. The molecule has 2 N–H and O–H groups in total. The van der Waals surface area contributed by atoms with Crippen molar-refractivity contribution in [2.75, 3.05) is 19.3 Å². The predicted molar refractivity (Wildman–Crippen MR) is 117 cm³/mol. The minimum Gasteiger partial charge on any atom is -0.356 e. The minimum atomic E-state index is 0. The Labute approximate surface area is 173 Å². The monoisotopic (exact) mass is 496 g/mol. The average Bonchev–Trinajstić information content (AvgIpc) is 3.06. The first-order valence-corrected chi connectivity index (χ1v) is 9.68. The Morgan fingerprint density at radius 2 is 2.29 bits per heavy atom. The number of hydrogen-bond donors (Lipinski definition) is 2. The van der Waals surface area contributed by atoms with Gasteiger partial charge >= 0.3 is 0 Å². The van der Waals surface area contributed by atoms with E-state index in [2.05, 4.69) is 33.6 Å². The zero-order valence-corrected chi connectivity index (χ0v) is 18.4. The largest absolute Gasteiger partial charge is 0.356 e. The molecule has 0 fully saturated rings. The summed E-state index contributed by atoms with van der Waals surface area (Å²) < 4.78 is 1.13. The molecule has 0 aliphatic rings. The summed E-state index contributed by atoms with van der Waals surface area (Å²) in [6.07, 6.45) is 2.89. The lowest BCUT2D eigenvalue weighted by Crippen LogP contribution is -2.39. The van der Waals surface area contributed by atoms with Crippen LogP contribution in [0.4, 0.5) is 0 Å². The second-order valence-electron chi connectivity index (χ2n) is 4.92. The van der Waals surface area contributed by atoms with Gasteiger partial charge in [0.25, 0.3) is 0 Å². The van der Waals surface area contributed by atoms with E-state index in [1.807, 2.05) is 29.8 Å². The average molecular weight is 497 g/mol. The Morgan fingerprint density at radius 3 is 2.96 bits per heavy atom. The molecule has 24 heavy (non-hydrogen) atoms. The molecule has 0 radical (unpaired) electrons. The van der Waals surface area contributed by atoms with E-state index in [0.29, 0.717) is 0 Å². The standard InChI is InChI=1S/C16H21ClN4S2.HI/c1-12(13-5-3-6-14(17)11-13)21-15(18-2)19-7-4-9-22-16-20-8-10-23-16;/h3,5-6,8,10-12H,4,7,9H2,1-2H3,(H2,18,19,21);1H. The molecule has 1 aromatic heterocycles. The maximum absolute atomic E-state index is 6.04. The first-order valence-electron chi connectivity index (χ1n) is 7.44. The van der Waals surface area contributed by atoms with Crippen molar-refractivity contribution in [1.29, 1.82) is 0 Å². The molecule has 1 atom stereocenters. The highest BCUT2D eigenvalue weighted by molar-refractivity contribution is 14.0. The molecule has 1 unspecified atom stereocenters. The van der Waals surface area contributed by atoms with Gasteiger partial charge in [-0.15, -0.1) is 35.3 Å². The molecule has 0 bridgehead atoms. The first kappa shape index (κ1) is 21.5. The van der Waals surface area contributed by atoms with Crippen LogP contribution >= 0.6 is 58.7 Å². The fraction of sp³-hybridized carbons (Fsp3) is 0.375.